The van der Waals surface area contributed by atoms with Crippen LogP contribution < -0.4 is 0 Å². The number of carboxylic acids is 1. The number of halogens is 1. The van der Waals surface area contributed by atoms with Gasteiger partial charge in [-0.3, -0.25) is 4.79 Å². The summed E-state index contributed by atoms with van der Waals surface area (Å²) >= 11 is 7.31. The molecule has 1 aliphatic rings. The number of aryl methyl sites for hydroxylation is 1. The molecule has 2 heterocycles. The van der Waals surface area contributed by atoms with Gasteiger partial charge in [0.2, 0.25) is 0 Å². The van der Waals surface area contributed by atoms with E-state index in [9.17, 15) is 9.59 Å². The van der Waals surface area contributed by atoms with Gasteiger partial charge in [-0.05, 0) is 18.6 Å². The molecule has 1 unspecified atom stereocenters. The van der Waals surface area contributed by atoms with Gasteiger partial charge in [0, 0.05) is 17.0 Å². The monoisotopic (exact) mass is 300 g/mol. The third-order valence-corrected chi connectivity index (χ3v) is 4.09. The zero-order chi connectivity index (χ0) is 14.0. The van der Waals surface area contributed by atoms with Crippen molar-refractivity contribution < 1.29 is 14.7 Å². The first kappa shape index (κ1) is 14.1. The molecule has 0 aliphatic carbocycles. The average molecular weight is 301 g/mol. The predicted molar refractivity (Wildman–Crippen MR) is 73.5 cm³/mol. The van der Waals surface area contributed by atoms with Gasteiger partial charge >= 0.3 is 5.97 Å². The van der Waals surface area contributed by atoms with Gasteiger partial charge in [0.15, 0.2) is 0 Å². The highest BCUT2D eigenvalue weighted by Crippen LogP contribution is 2.24. The first-order valence-corrected chi connectivity index (χ1v) is 7.34. The van der Waals surface area contributed by atoms with Crippen LogP contribution >= 0.6 is 23.4 Å². The van der Waals surface area contributed by atoms with Gasteiger partial charge in [-0.15, -0.1) is 11.8 Å². The van der Waals surface area contributed by atoms with Crippen molar-refractivity contribution in [3.05, 3.63) is 28.5 Å². The Bertz CT molecular complexity index is 524. The van der Waals surface area contributed by atoms with Gasteiger partial charge in [-0.2, -0.15) is 0 Å². The van der Waals surface area contributed by atoms with Crippen LogP contribution in [0.5, 0.6) is 0 Å². The normalized spacial score (nSPS) is 18.6. The molecule has 2 rings (SSSR count). The molecule has 0 spiro atoms. The van der Waals surface area contributed by atoms with Crippen LogP contribution in [0.25, 0.3) is 0 Å². The SMILES string of the molecule is CCc1cc(C(=O)N2CSCC2C(=O)O)cc(Cl)n1. The largest absolute Gasteiger partial charge is 0.480 e. The summed E-state index contributed by atoms with van der Waals surface area (Å²) in [6.07, 6.45) is 0.665. The fraction of sp³-hybridized carbons (Fsp3) is 0.417. The van der Waals surface area contributed by atoms with Crippen molar-refractivity contribution in [1.82, 2.24) is 9.88 Å². The Kier molecular flexibility index (Phi) is 4.31. The highest BCUT2D eigenvalue weighted by molar-refractivity contribution is 7.99. The molecule has 1 aromatic rings. The van der Waals surface area contributed by atoms with E-state index in [-0.39, 0.29) is 11.1 Å². The fourth-order valence-electron chi connectivity index (χ4n) is 1.87. The Hall–Kier alpha value is -1.27. The van der Waals surface area contributed by atoms with Crippen LogP contribution in [0.15, 0.2) is 12.1 Å². The van der Waals surface area contributed by atoms with Crippen LogP contribution in [0, 0.1) is 0 Å². The van der Waals surface area contributed by atoms with E-state index in [1.54, 1.807) is 6.07 Å². The molecular formula is C12H13ClN2O3S. The van der Waals surface area contributed by atoms with Crippen molar-refractivity contribution >= 4 is 35.2 Å². The zero-order valence-corrected chi connectivity index (χ0v) is 11.9. The van der Waals surface area contributed by atoms with Gasteiger partial charge in [-0.25, -0.2) is 9.78 Å². The number of amides is 1. The number of rotatable bonds is 3. The third-order valence-electron chi connectivity index (χ3n) is 2.88. The lowest BCUT2D eigenvalue weighted by molar-refractivity contribution is -0.140. The van der Waals surface area contributed by atoms with Crippen molar-refractivity contribution in [3.63, 3.8) is 0 Å². The number of thioether (sulfide) groups is 1. The van der Waals surface area contributed by atoms with Crippen LogP contribution in [0.4, 0.5) is 0 Å². The number of pyridine rings is 1. The second-order valence-corrected chi connectivity index (χ2v) is 5.54. The smallest absolute Gasteiger partial charge is 0.327 e. The van der Waals surface area contributed by atoms with Gasteiger partial charge in [0.1, 0.15) is 11.2 Å². The molecular weight excluding hydrogens is 288 g/mol. The molecule has 0 saturated carbocycles. The summed E-state index contributed by atoms with van der Waals surface area (Å²) in [5, 5.41) is 9.34. The first-order chi connectivity index (χ1) is 9.02. The summed E-state index contributed by atoms with van der Waals surface area (Å²) in [5.74, 6) is -0.483. The van der Waals surface area contributed by atoms with E-state index >= 15 is 0 Å². The fourth-order valence-corrected chi connectivity index (χ4v) is 3.24. The quantitative estimate of drug-likeness (QED) is 0.863. The van der Waals surface area contributed by atoms with Crippen molar-refractivity contribution in [2.24, 2.45) is 0 Å². The molecule has 1 amide bonds. The second-order valence-electron chi connectivity index (χ2n) is 4.15. The van der Waals surface area contributed by atoms with Crippen LogP contribution in [-0.2, 0) is 11.2 Å². The number of hydrogen-bond donors (Lipinski definition) is 1. The van der Waals surface area contributed by atoms with Crippen LogP contribution in [0.3, 0.4) is 0 Å². The number of hydrogen-bond acceptors (Lipinski definition) is 4. The number of nitrogens with zero attached hydrogens (tertiary/aromatic N) is 2. The molecule has 0 radical (unpaired) electrons. The van der Waals surface area contributed by atoms with Crippen molar-refractivity contribution in [3.8, 4) is 0 Å². The van der Waals surface area contributed by atoms with Gasteiger partial charge in [0.05, 0.1) is 5.88 Å². The number of carbonyl (C=O) groups excluding carboxylic acids is 1. The van der Waals surface area contributed by atoms with E-state index in [2.05, 4.69) is 4.98 Å². The van der Waals surface area contributed by atoms with Crippen LogP contribution in [0.2, 0.25) is 5.15 Å². The maximum Gasteiger partial charge on any atom is 0.327 e. The number of carbonyl (C=O) groups is 2. The molecule has 5 nitrogen and oxygen atoms in total. The topological polar surface area (TPSA) is 70.5 Å². The predicted octanol–water partition coefficient (Wildman–Crippen LogP) is 1.90. The Morgan fingerprint density at radius 3 is 2.95 bits per heavy atom. The molecule has 1 saturated heterocycles. The minimum Gasteiger partial charge on any atom is -0.480 e. The molecule has 1 fully saturated rings. The lowest BCUT2D eigenvalue weighted by Crippen LogP contribution is -2.41. The van der Waals surface area contributed by atoms with Crippen molar-refractivity contribution in [1.29, 1.82) is 0 Å². The van der Waals surface area contributed by atoms with Gasteiger partial charge in [0.25, 0.3) is 5.91 Å². The Morgan fingerprint density at radius 1 is 1.58 bits per heavy atom. The average Bonchev–Trinajstić information content (AvgIpc) is 2.86. The second kappa shape index (κ2) is 5.79. The van der Waals surface area contributed by atoms with Gasteiger partial charge in [-0.1, -0.05) is 18.5 Å². The molecule has 102 valence electrons. The van der Waals surface area contributed by atoms with E-state index in [1.165, 1.54) is 22.7 Å². The summed E-state index contributed by atoms with van der Waals surface area (Å²) in [6.45, 7) is 1.92. The van der Waals surface area contributed by atoms with E-state index in [1.807, 2.05) is 6.92 Å². The molecule has 1 aliphatic heterocycles. The molecule has 0 bridgehead atoms. The molecule has 19 heavy (non-hydrogen) atoms. The summed E-state index contributed by atoms with van der Waals surface area (Å²) < 4.78 is 0. The van der Waals surface area contributed by atoms with E-state index < -0.39 is 12.0 Å². The summed E-state index contributed by atoms with van der Waals surface area (Å²) in [5.41, 5.74) is 1.11. The third kappa shape index (κ3) is 3.01. The summed E-state index contributed by atoms with van der Waals surface area (Å²) in [4.78, 5) is 28.9. The molecule has 1 N–H and O–H groups in total. The molecule has 1 aromatic heterocycles. The summed E-state index contributed by atoms with van der Waals surface area (Å²) in [7, 11) is 0. The number of aromatic nitrogens is 1. The lowest BCUT2D eigenvalue weighted by atomic mass is 10.1. The summed E-state index contributed by atoms with van der Waals surface area (Å²) in [6, 6.07) is 2.37. The Morgan fingerprint density at radius 2 is 2.32 bits per heavy atom. The lowest BCUT2D eigenvalue weighted by Gasteiger charge is -2.20. The number of aliphatic carboxylic acids is 1. The van der Waals surface area contributed by atoms with Crippen LogP contribution in [-0.4, -0.2) is 44.5 Å². The minimum absolute atomic E-state index is 0.251. The van der Waals surface area contributed by atoms with Crippen molar-refractivity contribution in [2.45, 2.75) is 19.4 Å². The zero-order valence-electron chi connectivity index (χ0n) is 10.3. The minimum atomic E-state index is -0.978. The number of carboxylic acid groups (broad SMARTS) is 1. The highest BCUT2D eigenvalue weighted by atomic mass is 35.5. The van der Waals surface area contributed by atoms with E-state index in [0.29, 0.717) is 23.6 Å². The van der Waals surface area contributed by atoms with Crippen LogP contribution in [0.1, 0.15) is 23.0 Å². The standard InChI is InChI=1S/C12H13ClN2O3S/c1-2-8-3-7(4-10(13)14-8)11(16)15-6-19-5-9(15)12(17)18/h3-4,9H,2,5-6H2,1H3,(H,17,18). The maximum atomic E-state index is 12.3. The van der Waals surface area contributed by atoms with Gasteiger partial charge < -0.3 is 10.0 Å². The molecule has 1 atom stereocenters. The molecule has 0 aromatic carbocycles. The van der Waals surface area contributed by atoms with Crippen molar-refractivity contribution in [2.75, 3.05) is 11.6 Å². The maximum absolute atomic E-state index is 12.3. The van der Waals surface area contributed by atoms with E-state index in [4.69, 9.17) is 16.7 Å². The Balaban J connectivity index is 2.28. The first-order valence-electron chi connectivity index (χ1n) is 5.81. The van der Waals surface area contributed by atoms with E-state index in [0.717, 1.165) is 5.69 Å². The Labute approximate surface area is 120 Å². The molecule has 7 heteroatoms. The highest BCUT2D eigenvalue weighted by Gasteiger charge is 2.35.